The highest BCUT2D eigenvalue weighted by molar-refractivity contribution is 7.91. The molecule has 1 aliphatic heterocycles. The standard InChI is InChI=1S/C9H20N2O2S/c1-2-4-14(12,13)5-3-11-7-9(6-10)8-11/h9H,2-8,10H2,1H3. The molecule has 0 spiro atoms. The molecule has 1 saturated heterocycles. The van der Waals surface area contributed by atoms with E-state index in [9.17, 15) is 8.42 Å². The topological polar surface area (TPSA) is 63.4 Å². The molecule has 0 aromatic carbocycles. The lowest BCUT2D eigenvalue weighted by Gasteiger charge is -2.38. The lowest BCUT2D eigenvalue weighted by Crippen LogP contribution is -2.51. The van der Waals surface area contributed by atoms with Crippen molar-refractivity contribution in [2.45, 2.75) is 13.3 Å². The third kappa shape index (κ3) is 3.55. The van der Waals surface area contributed by atoms with Gasteiger partial charge < -0.3 is 10.6 Å². The monoisotopic (exact) mass is 220 g/mol. The van der Waals surface area contributed by atoms with Gasteiger partial charge in [0, 0.05) is 25.4 Å². The van der Waals surface area contributed by atoms with Crippen LogP contribution in [0.4, 0.5) is 0 Å². The molecule has 0 unspecified atom stereocenters. The van der Waals surface area contributed by atoms with Crippen molar-refractivity contribution < 1.29 is 8.42 Å². The number of sulfone groups is 1. The average molecular weight is 220 g/mol. The van der Waals surface area contributed by atoms with Gasteiger partial charge in [-0.15, -0.1) is 0 Å². The zero-order valence-electron chi connectivity index (χ0n) is 8.78. The van der Waals surface area contributed by atoms with Crippen LogP contribution in [0.5, 0.6) is 0 Å². The molecule has 0 aromatic heterocycles. The van der Waals surface area contributed by atoms with Crippen LogP contribution in [-0.2, 0) is 9.84 Å². The number of nitrogens with zero attached hydrogens (tertiary/aromatic N) is 1. The molecule has 0 radical (unpaired) electrons. The summed E-state index contributed by atoms with van der Waals surface area (Å²) in [6.07, 6.45) is 0.716. The third-order valence-corrected chi connectivity index (χ3v) is 4.43. The van der Waals surface area contributed by atoms with E-state index < -0.39 is 9.84 Å². The zero-order chi connectivity index (χ0) is 10.6. The molecule has 1 heterocycles. The van der Waals surface area contributed by atoms with Crippen molar-refractivity contribution in [3.05, 3.63) is 0 Å². The number of hydrogen-bond donors (Lipinski definition) is 1. The predicted molar refractivity (Wildman–Crippen MR) is 57.9 cm³/mol. The van der Waals surface area contributed by atoms with E-state index in [0.29, 0.717) is 30.4 Å². The number of likely N-dealkylation sites (tertiary alicyclic amines) is 1. The molecule has 0 aromatic rings. The van der Waals surface area contributed by atoms with Crippen molar-refractivity contribution in [3.8, 4) is 0 Å². The van der Waals surface area contributed by atoms with Gasteiger partial charge in [-0.3, -0.25) is 0 Å². The second kappa shape index (κ2) is 5.09. The molecule has 84 valence electrons. The number of rotatable bonds is 6. The molecule has 1 rings (SSSR count). The first-order chi connectivity index (χ1) is 6.57. The molecular formula is C9H20N2O2S. The Bertz CT molecular complexity index is 258. The van der Waals surface area contributed by atoms with Gasteiger partial charge in [0.15, 0.2) is 9.84 Å². The van der Waals surface area contributed by atoms with E-state index in [1.807, 2.05) is 6.92 Å². The highest BCUT2D eigenvalue weighted by atomic mass is 32.2. The van der Waals surface area contributed by atoms with Crippen LogP contribution in [0.25, 0.3) is 0 Å². The molecule has 0 bridgehead atoms. The Kier molecular flexibility index (Phi) is 4.34. The van der Waals surface area contributed by atoms with Crippen molar-refractivity contribution in [3.63, 3.8) is 0 Å². The number of nitrogens with two attached hydrogens (primary N) is 1. The smallest absolute Gasteiger partial charge is 0.151 e. The molecule has 1 aliphatic rings. The van der Waals surface area contributed by atoms with Gasteiger partial charge in [-0.25, -0.2) is 8.42 Å². The van der Waals surface area contributed by atoms with Gasteiger partial charge in [0.05, 0.1) is 5.75 Å². The molecule has 0 saturated carbocycles. The quantitative estimate of drug-likeness (QED) is 0.667. The van der Waals surface area contributed by atoms with Crippen LogP contribution >= 0.6 is 0 Å². The molecule has 2 N–H and O–H groups in total. The van der Waals surface area contributed by atoms with Gasteiger partial charge in [0.1, 0.15) is 0 Å². The van der Waals surface area contributed by atoms with Gasteiger partial charge >= 0.3 is 0 Å². The molecule has 0 aliphatic carbocycles. The fourth-order valence-electron chi connectivity index (χ4n) is 1.69. The van der Waals surface area contributed by atoms with E-state index in [1.54, 1.807) is 0 Å². The van der Waals surface area contributed by atoms with Gasteiger partial charge in [-0.05, 0) is 18.9 Å². The van der Waals surface area contributed by atoms with Crippen molar-refractivity contribution >= 4 is 9.84 Å². The Morgan fingerprint density at radius 1 is 1.36 bits per heavy atom. The molecule has 4 nitrogen and oxygen atoms in total. The second-order valence-electron chi connectivity index (χ2n) is 4.01. The SMILES string of the molecule is CCCS(=O)(=O)CCN1CC(CN)C1. The Morgan fingerprint density at radius 3 is 2.50 bits per heavy atom. The maximum Gasteiger partial charge on any atom is 0.151 e. The van der Waals surface area contributed by atoms with E-state index in [4.69, 9.17) is 5.73 Å². The first-order valence-corrected chi connectivity index (χ1v) is 7.02. The van der Waals surface area contributed by atoms with Gasteiger partial charge in [-0.1, -0.05) is 6.92 Å². The normalized spacial score (nSPS) is 19.6. The highest BCUT2D eigenvalue weighted by Gasteiger charge is 2.25. The van der Waals surface area contributed by atoms with Crippen LogP contribution in [0.1, 0.15) is 13.3 Å². The van der Waals surface area contributed by atoms with Crippen LogP contribution in [0, 0.1) is 5.92 Å². The van der Waals surface area contributed by atoms with Crippen LogP contribution < -0.4 is 5.73 Å². The van der Waals surface area contributed by atoms with Crippen LogP contribution in [0.2, 0.25) is 0 Å². The van der Waals surface area contributed by atoms with E-state index in [0.717, 1.165) is 19.6 Å². The van der Waals surface area contributed by atoms with Gasteiger partial charge in [0.2, 0.25) is 0 Å². The minimum Gasteiger partial charge on any atom is -0.330 e. The zero-order valence-corrected chi connectivity index (χ0v) is 9.59. The summed E-state index contributed by atoms with van der Waals surface area (Å²) in [5.74, 6) is 1.21. The Hall–Kier alpha value is -0.130. The van der Waals surface area contributed by atoms with E-state index in [1.165, 1.54) is 0 Å². The summed E-state index contributed by atoms with van der Waals surface area (Å²) in [4.78, 5) is 2.16. The fraction of sp³-hybridized carbons (Fsp3) is 1.00. The van der Waals surface area contributed by atoms with Gasteiger partial charge in [0.25, 0.3) is 0 Å². The van der Waals surface area contributed by atoms with E-state index in [-0.39, 0.29) is 0 Å². The lowest BCUT2D eigenvalue weighted by molar-refractivity contribution is 0.114. The molecule has 14 heavy (non-hydrogen) atoms. The van der Waals surface area contributed by atoms with Crippen molar-refractivity contribution in [2.24, 2.45) is 11.7 Å². The summed E-state index contributed by atoms with van der Waals surface area (Å²) in [5.41, 5.74) is 5.48. The summed E-state index contributed by atoms with van der Waals surface area (Å²) in [5, 5.41) is 0. The maximum atomic E-state index is 11.4. The summed E-state index contributed by atoms with van der Waals surface area (Å²) in [7, 11) is -2.80. The molecule has 1 fully saturated rings. The van der Waals surface area contributed by atoms with Crippen LogP contribution in [0.15, 0.2) is 0 Å². The van der Waals surface area contributed by atoms with E-state index >= 15 is 0 Å². The Balaban J connectivity index is 2.16. The minimum absolute atomic E-state index is 0.304. The Morgan fingerprint density at radius 2 is 2.00 bits per heavy atom. The first kappa shape index (κ1) is 11.9. The number of hydrogen-bond acceptors (Lipinski definition) is 4. The summed E-state index contributed by atoms with van der Waals surface area (Å²) in [6, 6.07) is 0. The maximum absolute atomic E-state index is 11.4. The van der Waals surface area contributed by atoms with Crippen molar-refractivity contribution in [2.75, 3.05) is 37.7 Å². The van der Waals surface area contributed by atoms with Crippen molar-refractivity contribution in [1.82, 2.24) is 4.90 Å². The lowest BCUT2D eigenvalue weighted by atomic mass is 10.0. The largest absolute Gasteiger partial charge is 0.330 e. The second-order valence-corrected chi connectivity index (χ2v) is 6.32. The molecule has 0 atom stereocenters. The van der Waals surface area contributed by atoms with Crippen LogP contribution in [0.3, 0.4) is 0 Å². The Labute approximate surface area is 86.4 Å². The highest BCUT2D eigenvalue weighted by Crippen LogP contribution is 2.13. The average Bonchev–Trinajstić information content (AvgIpc) is 2.01. The van der Waals surface area contributed by atoms with Crippen LogP contribution in [-0.4, -0.2) is 51.0 Å². The fourth-order valence-corrected chi connectivity index (χ4v) is 3.05. The van der Waals surface area contributed by atoms with Gasteiger partial charge in [-0.2, -0.15) is 0 Å². The first-order valence-electron chi connectivity index (χ1n) is 5.20. The summed E-state index contributed by atoms with van der Waals surface area (Å²) < 4.78 is 22.7. The predicted octanol–water partition coefficient (Wildman–Crippen LogP) is -0.298. The summed E-state index contributed by atoms with van der Waals surface area (Å²) in [6.45, 7) is 5.24. The molecule has 5 heteroatoms. The van der Waals surface area contributed by atoms with E-state index in [2.05, 4.69) is 4.90 Å². The molecule has 0 amide bonds. The van der Waals surface area contributed by atoms with Crippen molar-refractivity contribution in [1.29, 1.82) is 0 Å². The molecular weight excluding hydrogens is 200 g/mol. The third-order valence-electron chi connectivity index (χ3n) is 2.60. The minimum atomic E-state index is -2.80. The summed E-state index contributed by atoms with van der Waals surface area (Å²) >= 11 is 0.